The molecule has 0 aliphatic heterocycles. The fourth-order valence-corrected chi connectivity index (χ4v) is 1.75. The number of hydrogen-bond donors (Lipinski definition) is 2. The number of aliphatic carboxylic acids is 1. The van der Waals surface area contributed by atoms with Gasteiger partial charge in [0.25, 0.3) is 0 Å². The summed E-state index contributed by atoms with van der Waals surface area (Å²) in [6, 6.07) is 5.88. The number of carboxylic acid groups (broad SMARTS) is 1. The van der Waals surface area contributed by atoms with Crippen molar-refractivity contribution < 1.29 is 29.0 Å². The first-order chi connectivity index (χ1) is 11.1. The average Bonchev–Trinajstić information content (AvgIpc) is 2.43. The molecule has 0 saturated carbocycles. The van der Waals surface area contributed by atoms with Gasteiger partial charge in [-0.15, -0.1) is 0 Å². The normalized spacial score (nSPS) is 12.2. The number of carbonyl (C=O) groups excluding carboxylic acids is 2. The summed E-state index contributed by atoms with van der Waals surface area (Å²) >= 11 is 0. The quantitative estimate of drug-likeness (QED) is 0.772. The molecule has 0 aliphatic rings. The van der Waals surface area contributed by atoms with Crippen molar-refractivity contribution in [1.82, 2.24) is 5.32 Å². The van der Waals surface area contributed by atoms with Crippen LogP contribution < -0.4 is 5.32 Å². The summed E-state index contributed by atoms with van der Waals surface area (Å²) in [7, 11) is 0. The molecule has 24 heavy (non-hydrogen) atoms. The Morgan fingerprint density at radius 2 is 1.67 bits per heavy atom. The number of esters is 1. The first kappa shape index (κ1) is 19.5. The molecule has 1 aromatic carbocycles. The topological polar surface area (TPSA) is 102 Å². The van der Waals surface area contributed by atoms with Gasteiger partial charge in [0.05, 0.1) is 6.42 Å². The van der Waals surface area contributed by atoms with E-state index in [0.29, 0.717) is 5.56 Å². The van der Waals surface area contributed by atoms with E-state index in [1.54, 1.807) is 45.0 Å². The average molecular weight is 337 g/mol. The maximum Gasteiger partial charge on any atom is 0.408 e. The minimum absolute atomic E-state index is 0.0342. The number of benzene rings is 1. The third kappa shape index (κ3) is 7.62. The van der Waals surface area contributed by atoms with Crippen molar-refractivity contribution in [2.24, 2.45) is 0 Å². The Balaban J connectivity index is 2.44. The molecule has 1 aromatic rings. The molecule has 1 rings (SSSR count). The van der Waals surface area contributed by atoms with Crippen molar-refractivity contribution in [3.63, 3.8) is 0 Å². The Morgan fingerprint density at radius 1 is 1.12 bits per heavy atom. The molecule has 0 aromatic heterocycles. The molecular formula is C17H23NO6. The second-order valence-electron chi connectivity index (χ2n) is 6.36. The molecule has 1 unspecified atom stereocenters. The van der Waals surface area contributed by atoms with Crippen molar-refractivity contribution >= 4 is 18.0 Å². The largest absolute Gasteiger partial charge is 0.481 e. The summed E-state index contributed by atoms with van der Waals surface area (Å²) in [4.78, 5) is 34.0. The van der Waals surface area contributed by atoms with Crippen LogP contribution in [0.5, 0.6) is 0 Å². The van der Waals surface area contributed by atoms with Gasteiger partial charge in [-0.2, -0.15) is 0 Å². The number of nitrogens with one attached hydrogen (secondary N) is 1. The van der Waals surface area contributed by atoms with E-state index in [0.717, 1.165) is 5.56 Å². The molecule has 0 heterocycles. The van der Waals surface area contributed by atoms with E-state index in [-0.39, 0.29) is 13.0 Å². The van der Waals surface area contributed by atoms with Gasteiger partial charge in [-0.1, -0.05) is 24.3 Å². The number of ether oxygens (including phenoxy) is 2. The number of carboxylic acids is 1. The van der Waals surface area contributed by atoms with Crippen LogP contribution in [-0.2, 0) is 32.1 Å². The first-order valence-electron chi connectivity index (χ1n) is 7.52. The lowest BCUT2D eigenvalue weighted by molar-refractivity contribution is -0.147. The highest BCUT2D eigenvalue weighted by atomic mass is 16.6. The smallest absolute Gasteiger partial charge is 0.408 e. The second-order valence-corrected chi connectivity index (χ2v) is 6.36. The maximum atomic E-state index is 11.9. The van der Waals surface area contributed by atoms with E-state index < -0.39 is 29.7 Å². The monoisotopic (exact) mass is 337 g/mol. The molecule has 2 N–H and O–H groups in total. The van der Waals surface area contributed by atoms with Gasteiger partial charge < -0.3 is 19.9 Å². The number of alkyl carbamates (subject to hydrolysis) is 1. The molecule has 0 saturated heterocycles. The number of rotatable bonds is 6. The van der Waals surface area contributed by atoms with Crippen LogP contribution in [0.25, 0.3) is 0 Å². The first-order valence-corrected chi connectivity index (χ1v) is 7.52. The second kappa shape index (κ2) is 8.33. The number of carbonyl (C=O) groups is 3. The summed E-state index contributed by atoms with van der Waals surface area (Å²) in [5.41, 5.74) is 0.741. The van der Waals surface area contributed by atoms with Crippen LogP contribution in [0.1, 0.15) is 38.8 Å². The van der Waals surface area contributed by atoms with Gasteiger partial charge in [-0.3, -0.25) is 4.79 Å². The molecule has 7 heteroatoms. The molecule has 0 radical (unpaired) electrons. The summed E-state index contributed by atoms with van der Waals surface area (Å²) in [5, 5.41) is 11.1. The van der Waals surface area contributed by atoms with Crippen molar-refractivity contribution in [3.8, 4) is 0 Å². The molecule has 7 nitrogen and oxygen atoms in total. The summed E-state index contributed by atoms with van der Waals surface area (Å²) < 4.78 is 10.2. The van der Waals surface area contributed by atoms with Gasteiger partial charge >= 0.3 is 18.0 Å². The molecule has 1 amide bonds. The van der Waals surface area contributed by atoms with Crippen molar-refractivity contribution in [2.45, 2.75) is 52.4 Å². The van der Waals surface area contributed by atoms with E-state index in [1.807, 2.05) is 0 Å². The highest BCUT2D eigenvalue weighted by molar-refractivity contribution is 5.81. The third-order valence-corrected chi connectivity index (χ3v) is 2.85. The van der Waals surface area contributed by atoms with Crippen LogP contribution in [-0.4, -0.2) is 34.8 Å². The highest BCUT2D eigenvalue weighted by Crippen LogP contribution is 2.09. The fraction of sp³-hybridized carbons (Fsp3) is 0.471. The molecule has 1 atom stereocenters. The predicted octanol–water partition coefficient (Wildman–Crippen LogP) is 2.27. The van der Waals surface area contributed by atoms with E-state index in [4.69, 9.17) is 14.6 Å². The number of hydrogen-bond acceptors (Lipinski definition) is 5. The zero-order valence-corrected chi connectivity index (χ0v) is 14.3. The Bertz CT molecular complexity index is 588. The number of amides is 1. The summed E-state index contributed by atoms with van der Waals surface area (Å²) in [5.74, 6) is -1.49. The molecule has 0 bridgehead atoms. The van der Waals surface area contributed by atoms with E-state index in [2.05, 4.69) is 5.32 Å². The SMILES string of the molecule is CC(NC(=O)OC(C)(C)C)C(=O)OCc1ccc(CC(=O)O)cc1. The fourth-order valence-electron chi connectivity index (χ4n) is 1.75. The van der Waals surface area contributed by atoms with Crippen molar-refractivity contribution in [1.29, 1.82) is 0 Å². The van der Waals surface area contributed by atoms with Gasteiger partial charge in [0, 0.05) is 0 Å². The Morgan fingerprint density at radius 3 is 2.17 bits per heavy atom. The van der Waals surface area contributed by atoms with Crippen LogP contribution in [0.15, 0.2) is 24.3 Å². The molecule has 132 valence electrons. The molecule has 0 aliphatic carbocycles. The molecular weight excluding hydrogens is 314 g/mol. The lowest BCUT2D eigenvalue weighted by Crippen LogP contribution is -2.42. The maximum absolute atomic E-state index is 11.9. The Hall–Kier alpha value is -2.57. The molecule has 0 fully saturated rings. The Kier molecular flexibility index (Phi) is 6.76. The Labute approximate surface area is 141 Å². The van der Waals surface area contributed by atoms with Crippen LogP contribution in [0.3, 0.4) is 0 Å². The van der Waals surface area contributed by atoms with Gasteiger partial charge in [-0.05, 0) is 38.8 Å². The van der Waals surface area contributed by atoms with E-state index >= 15 is 0 Å². The van der Waals surface area contributed by atoms with Crippen LogP contribution in [0, 0.1) is 0 Å². The van der Waals surface area contributed by atoms with Gasteiger partial charge in [0.15, 0.2) is 0 Å². The van der Waals surface area contributed by atoms with Crippen LogP contribution in [0.2, 0.25) is 0 Å². The zero-order chi connectivity index (χ0) is 18.3. The minimum Gasteiger partial charge on any atom is -0.481 e. The van der Waals surface area contributed by atoms with E-state index in [9.17, 15) is 14.4 Å². The van der Waals surface area contributed by atoms with Gasteiger partial charge in [0.1, 0.15) is 18.2 Å². The van der Waals surface area contributed by atoms with Gasteiger partial charge in [0.2, 0.25) is 0 Å². The molecule has 0 spiro atoms. The standard InChI is InChI=1S/C17H23NO6/c1-11(18-16(22)24-17(2,3)4)15(21)23-10-13-7-5-12(6-8-13)9-14(19)20/h5-8,11H,9-10H2,1-4H3,(H,18,22)(H,19,20). The summed E-state index contributed by atoms with van der Waals surface area (Å²) in [6.07, 6.45) is -0.748. The van der Waals surface area contributed by atoms with Crippen molar-refractivity contribution in [2.75, 3.05) is 0 Å². The third-order valence-electron chi connectivity index (χ3n) is 2.85. The van der Waals surface area contributed by atoms with Crippen molar-refractivity contribution in [3.05, 3.63) is 35.4 Å². The highest BCUT2D eigenvalue weighted by Gasteiger charge is 2.21. The van der Waals surface area contributed by atoms with Crippen LogP contribution >= 0.6 is 0 Å². The van der Waals surface area contributed by atoms with E-state index in [1.165, 1.54) is 6.92 Å². The van der Waals surface area contributed by atoms with Gasteiger partial charge in [-0.25, -0.2) is 9.59 Å². The summed E-state index contributed by atoms with van der Waals surface area (Å²) in [6.45, 7) is 6.71. The van der Waals surface area contributed by atoms with Crippen LogP contribution in [0.4, 0.5) is 4.79 Å². The predicted molar refractivity (Wildman–Crippen MR) is 86.4 cm³/mol. The lowest BCUT2D eigenvalue weighted by atomic mass is 10.1. The minimum atomic E-state index is -0.906. The lowest BCUT2D eigenvalue weighted by Gasteiger charge is -2.21. The zero-order valence-electron chi connectivity index (χ0n) is 14.3.